The van der Waals surface area contributed by atoms with Gasteiger partial charge in [0.2, 0.25) is 0 Å². The number of hydrogen-bond acceptors (Lipinski definition) is 4. The predicted octanol–water partition coefficient (Wildman–Crippen LogP) is 9.46. The average Bonchev–Trinajstić information content (AvgIpc) is 3.09. The Morgan fingerprint density at radius 2 is 0.915 bits per heavy atom. The van der Waals surface area contributed by atoms with E-state index in [-0.39, 0.29) is 12.8 Å². The number of aliphatic hydroxyl groups is 3. The molecule has 3 aromatic carbocycles. The van der Waals surface area contributed by atoms with Crippen molar-refractivity contribution in [2.45, 2.75) is 140 Å². The summed E-state index contributed by atoms with van der Waals surface area (Å²) in [7, 11) is 0. The molecule has 0 fully saturated rings. The summed E-state index contributed by atoms with van der Waals surface area (Å²) >= 11 is 0. The number of unbranched alkanes of at least 4 members (excludes halogenated alkanes) is 13. The first-order chi connectivity index (χ1) is 22.8. The van der Waals surface area contributed by atoms with Gasteiger partial charge in [0.25, 0.3) is 0 Å². The average molecular weight is 645 g/mol. The van der Waals surface area contributed by atoms with Gasteiger partial charge < -0.3 is 20.4 Å². The Balaban J connectivity index is 1.74. The van der Waals surface area contributed by atoms with Gasteiger partial charge in [-0.05, 0) is 29.5 Å². The molecule has 0 saturated heterocycles. The summed E-state index contributed by atoms with van der Waals surface area (Å²) in [5.74, 6) is -1.93. The summed E-state index contributed by atoms with van der Waals surface area (Å²) in [4.78, 5) is 12.0. The minimum absolute atomic E-state index is 0.159. The normalized spacial score (nSPS) is 15.1. The summed E-state index contributed by atoms with van der Waals surface area (Å²) in [5, 5.41) is 46.5. The van der Waals surface area contributed by atoms with Crippen LogP contribution in [0, 0.1) is 5.92 Å². The molecule has 0 heterocycles. The van der Waals surface area contributed by atoms with E-state index in [0.717, 1.165) is 36.0 Å². The lowest BCUT2D eigenvalue weighted by Gasteiger charge is -2.46. The molecule has 4 atom stereocenters. The van der Waals surface area contributed by atoms with Crippen LogP contribution in [-0.2, 0) is 10.2 Å². The number of carbonyl (C=O) groups is 1. The number of carboxylic acids is 1. The number of carboxylic acid groups (broad SMARTS) is 1. The smallest absolute Gasteiger partial charge is 0.306 e. The van der Waals surface area contributed by atoms with Crippen LogP contribution in [0.25, 0.3) is 0 Å². The molecular formula is C42H60O5. The molecule has 0 radical (unpaired) electrons. The molecule has 3 aromatic rings. The second-order valence-corrected chi connectivity index (χ2v) is 13.7. The quantitative estimate of drug-likeness (QED) is 0.0575. The van der Waals surface area contributed by atoms with Gasteiger partial charge in [0.15, 0.2) is 0 Å². The first-order valence-electron chi connectivity index (χ1n) is 18.2. The molecule has 0 aliphatic rings. The molecule has 0 aromatic heterocycles. The Labute approximate surface area is 284 Å². The van der Waals surface area contributed by atoms with Crippen molar-refractivity contribution in [3.05, 3.63) is 108 Å². The first-order valence-corrected chi connectivity index (χ1v) is 18.2. The van der Waals surface area contributed by atoms with Crippen LogP contribution in [0.3, 0.4) is 0 Å². The van der Waals surface area contributed by atoms with Gasteiger partial charge in [-0.3, -0.25) is 4.79 Å². The van der Waals surface area contributed by atoms with Gasteiger partial charge in [0.05, 0.1) is 16.9 Å². The van der Waals surface area contributed by atoms with Crippen LogP contribution in [0.2, 0.25) is 0 Å². The van der Waals surface area contributed by atoms with Crippen molar-refractivity contribution in [2.75, 3.05) is 0 Å². The highest BCUT2D eigenvalue weighted by Gasteiger charge is 2.52. The zero-order chi connectivity index (χ0) is 34.0. The third-order valence-electron chi connectivity index (χ3n) is 10.0. The van der Waals surface area contributed by atoms with E-state index in [2.05, 4.69) is 6.92 Å². The maximum Gasteiger partial charge on any atom is 0.306 e. The summed E-state index contributed by atoms with van der Waals surface area (Å²) in [6.07, 6.45) is 13.7. The highest BCUT2D eigenvalue weighted by molar-refractivity contribution is 5.69. The van der Waals surface area contributed by atoms with Crippen LogP contribution in [0.1, 0.15) is 133 Å². The van der Waals surface area contributed by atoms with Crippen molar-refractivity contribution in [2.24, 2.45) is 5.92 Å². The largest absolute Gasteiger partial charge is 0.481 e. The van der Waals surface area contributed by atoms with Gasteiger partial charge in [-0.1, -0.05) is 195 Å². The maximum absolute atomic E-state index is 12.4. The molecule has 4 unspecified atom stereocenters. The van der Waals surface area contributed by atoms with Gasteiger partial charge in [-0.15, -0.1) is 0 Å². The van der Waals surface area contributed by atoms with Crippen LogP contribution in [-0.4, -0.2) is 44.2 Å². The lowest BCUT2D eigenvalue weighted by Crippen LogP contribution is -2.58. The Morgan fingerprint density at radius 1 is 0.574 bits per heavy atom. The van der Waals surface area contributed by atoms with Gasteiger partial charge in [-0.2, -0.15) is 0 Å². The molecule has 0 spiro atoms. The molecule has 0 amide bonds. The molecule has 4 N–H and O–H groups in total. The van der Waals surface area contributed by atoms with E-state index in [9.17, 15) is 25.2 Å². The standard InChI is InChI=1S/C42H60O5/c1-3-4-5-6-7-8-9-10-11-12-13-14-15-25-32-41(47,33-34(2)40(45)46)38(43)39(44)42(35-26-19-16-20-27-35,36-28-21-17-22-29-36)37-30-23-18-24-31-37/h16-24,26-31,34,38-39,43-44,47H,3-15,25,32-33H2,1-2H3,(H,45,46). The Bertz CT molecular complexity index is 1150. The minimum Gasteiger partial charge on any atom is -0.481 e. The lowest BCUT2D eigenvalue weighted by molar-refractivity contribution is -0.160. The third kappa shape index (κ3) is 11.0. The molecule has 5 heteroatoms. The fraction of sp³-hybridized carbons (Fsp3) is 0.548. The molecule has 0 saturated carbocycles. The Morgan fingerprint density at radius 3 is 1.26 bits per heavy atom. The van der Waals surface area contributed by atoms with Crippen LogP contribution in [0.15, 0.2) is 91.0 Å². The second kappa shape index (κ2) is 20.4. The molecule has 0 bridgehead atoms. The van der Waals surface area contributed by atoms with Gasteiger partial charge in [-0.25, -0.2) is 0 Å². The number of hydrogen-bond donors (Lipinski definition) is 4. The Kier molecular flexibility index (Phi) is 16.7. The van der Waals surface area contributed by atoms with E-state index in [4.69, 9.17) is 0 Å². The highest BCUT2D eigenvalue weighted by atomic mass is 16.4. The van der Waals surface area contributed by atoms with Crippen LogP contribution < -0.4 is 0 Å². The van der Waals surface area contributed by atoms with Gasteiger partial charge >= 0.3 is 5.97 Å². The molecule has 258 valence electrons. The number of aliphatic carboxylic acids is 1. The predicted molar refractivity (Wildman–Crippen MR) is 193 cm³/mol. The fourth-order valence-corrected chi connectivity index (χ4v) is 7.26. The van der Waals surface area contributed by atoms with Crippen molar-refractivity contribution in [1.82, 2.24) is 0 Å². The molecule has 0 aliphatic carbocycles. The molecular weight excluding hydrogens is 584 g/mol. The third-order valence-corrected chi connectivity index (χ3v) is 10.0. The van der Waals surface area contributed by atoms with Crippen molar-refractivity contribution in [3.63, 3.8) is 0 Å². The van der Waals surface area contributed by atoms with Crippen molar-refractivity contribution >= 4 is 5.97 Å². The number of rotatable bonds is 24. The van der Waals surface area contributed by atoms with E-state index in [1.165, 1.54) is 64.2 Å². The maximum atomic E-state index is 12.4. The first kappa shape index (κ1) is 38.5. The minimum atomic E-state index is -1.81. The van der Waals surface area contributed by atoms with E-state index in [1.807, 2.05) is 91.0 Å². The number of benzene rings is 3. The molecule has 5 nitrogen and oxygen atoms in total. The molecule has 0 aliphatic heterocycles. The molecule has 47 heavy (non-hydrogen) atoms. The number of aliphatic hydroxyl groups excluding tert-OH is 2. The summed E-state index contributed by atoms with van der Waals surface area (Å²) in [6.45, 7) is 3.81. The zero-order valence-electron chi connectivity index (χ0n) is 28.9. The van der Waals surface area contributed by atoms with Crippen LogP contribution in [0.5, 0.6) is 0 Å². The second-order valence-electron chi connectivity index (χ2n) is 13.7. The van der Waals surface area contributed by atoms with E-state index < -0.39 is 35.1 Å². The van der Waals surface area contributed by atoms with Crippen molar-refractivity contribution < 1.29 is 25.2 Å². The van der Waals surface area contributed by atoms with Crippen molar-refractivity contribution in [3.8, 4) is 0 Å². The SMILES string of the molecule is CCCCCCCCCCCCCCCCC(O)(CC(C)C(=O)O)C(O)C(O)C(c1ccccc1)(c1ccccc1)c1ccccc1. The fourth-order valence-electron chi connectivity index (χ4n) is 7.26. The van der Waals surface area contributed by atoms with Gasteiger partial charge in [0.1, 0.15) is 12.2 Å². The summed E-state index contributed by atoms with van der Waals surface area (Å²) in [6, 6.07) is 28.8. The monoisotopic (exact) mass is 644 g/mol. The Hall–Kier alpha value is -2.99. The van der Waals surface area contributed by atoms with Crippen molar-refractivity contribution in [1.29, 1.82) is 0 Å². The summed E-state index contributed by atoms with van der Waals surface area (Å²) in [5.41, 5.74) is -0.714. The van der Waals surface area contributed by atoms with E-state index in [0.29, 0.717) is 6.42 Å². The highest BCUT2D eigenvalue weighted by Crippen LogP contribution is 2.46. The lowest BCUT2D eigenvalue weighted by atomic mass is 9.62. The molecule has 3 rings (SSSR count). The summed E-state index contributed by atoms with van der Waals surface area (Å²) < 4.78 is 0. The van der Waals surface area contributed by atoms with E-state index in [1.54, 1.807) is 6.92 Å². The van der Waals surface area contributed by atoms with Crippen LogP contribution in [0.4, 0.5) is 0 Å². The topological polar surface area (TPSA) is 98.0 Å². The van der Waals surface area contributed by atoms with Gasteiger partial charge in [0, 0.05) is 0 Å². The van der Waals surface area contributed by atoms with E-state index >= 15 is 0 Å². The zero-order valence-corrected chi connectivity index (χ0v) is 28.9. The van der Waals surface area contributed by atoms with Crippen LogP contribution >= 0.6 is 0 Å².